The van der Waals surface area contributed by atoms with Gasteiger partial charge in [0.15, 0.2) is 0 Å². The predicted octanol–water partition coefficient (Wildman–Crippen LogP) is 2.84. The first kappa shape index (κ1) is 22.0. The van der Waals surface area contributed by atoms with Crippen molar-refractivity contribution in [2.45, 2.75) is 24.7 Å². The molecule has 0 spiro atoms. The lowest BCUT2D eigenvalue weighted by Gasteiger charge is -2.28. The second-order valence-electron chi connectivity index (χ2n) is 7.71. The molecule has 0 atom stereocenters. The van der Waals surface area contributed by atoms with Crippen LogP contribution in [0, 0.1) is 6.92 Å². The number of carbonyl (C=O) groups excluding carboxylic acids is 1. The average molecular weight is 455 g/mol. The van der Waals surface area contributed by atoms with Crippen molar-refractivity contribution in [2.24, 2.45) is 0 Å². The summed E-state index contributed by atoms with van der Waals surface area (Å²) in [5.41, 5.74) is 3.35. The van der Waals surface area contributed by atoms with Crippen LogP contribution in [0.2, 0.25) is 0 Å². The Kier molecular flexibility index (Phi) is 6.57. The van der Waals surface area contributed by atoms with Crippen molar-refractivity contribution in [2.75, 3.05) is 36.5 Å². The molecule has 0 unspecified atom stereocenters. The van der Waals surface area contributed by atoms with Crippen molar-refractivity contribution in [3.05, 3.63) is 72.3 Å². The molecule has 1 N–H and O–H groups in total. The van der Waals surface area contributed by atoms with Crippen LogP contribution < -0.4 is 10.2 Å². The summed E-state index contributed by atoms with van der Waals surface area (Å²) in [6.45, 7) is 5.06. The van der Waals surface area contributed by atoms with Crippen LogP contribution in [-0.4, -0.2) is 49.6 Å². The topological polar surface area (TPSA) is 93.5 Å². The number of nitrogens with one attached hydrogen (secondary N) is 1. The van der Waals surface area contributed by atoms with Gasteiger partial charge in [-0.15, -0.1) is 0 Å². The van der Waals surface area contributed by atoms with Gasteiger partial charge in [-0.25, -0.2) is 17.4 Å². The summed E-state index contributed by atoms with van der Waals surface area (Å²) < 4.78 is 31.9. The van der Waals surface area contributed by atoms with Gasteiger partial charge in [-0.1, -0.05) is 17.7 Å². The zero-order chi connectivity index (χ0) is 22.6. The highest BCUT2D eigenvalue weighted by Crippen LogP contribution is 2.19. The number of rotatable bonds is 7. The number of aromatic nitrogens is 2. The van der Waals surface area contributed by atoms with Crippen LogP contribution >= 0.6 is 0 Å². The summed E-state index contributed by atoms with van der Waals surface area (Å²) in [4.78, 5) is 18.9. The summed E-state index contributed by atoms with van der Waals surface area (Å²) in [5.74, 6) is -0.153. The molecule has 8 nitrogen and oxygen atoms in total. The third-order valence-electron chi connectivity index (χ3n) is 5.35. The normalized spacial score (nSPS) is 14.3. The molecular formula is C23H26N4O4S. The maximum absolute atomic E-state index is 12.7. The van der Waals surface area contributed by atoms with Gasteiger partial charge in [0.25, 0.3) is 10.0 Å². The monoisotopic (exact) mass is 454 g/mol. The van der Waals surface area contributed by atoms with Crippen molar-refractivity contribution in [1.82, 2.24) is 8.96 Å². The van der Waals surface area contributed by atoms with Crippen molar-refractivity contribution in [1.29, 1.82) is 0 Å². The SMILES string of the molecule is Cc1ccc(S(=O)(=O)n2cnc(CCC(=O)Nc3ccc(N4CCOCC4)cc3)c2)cc1. The van der Waals surface area contributed by atoms with E-state index in [9.17, 15) is 13.2 Å². The Bertz CT molecular complexity index is 1170. The van der Waals surface area contributed by atoms with Crippen LogP contribution in [-0.2, 0) is 26.0 Å². The Balaban J connectivity index is 1.32. The van der Waals surface area contributed by atoms with E-state index in [0.717, 1.165) is 47.2 Å². The fraction of sp³-hybridized carbons (Fsp3) is 0.304. The summed E-state index contributed by atoms with van der Waals surface area (Å²) in [5, 5.41) is 2.88. The molecule has 2 heterocycles. The molecule has 3 aromatic rings. The predicted molar refractivity (Wildman–Crippen MR) is 122 cm³/mol. The average Bonchev–Trinajstić information content (AvgIpc) is 3.29. The fourth-order valence-electron chi connectivity index (χ4n) is 3.48. The minimum Gasteiger partial charge on any atom is -0.378 e. The van der Waals surface area contributed by atoms with E-state index in [1.807, 2.05) is 31.2 Å². The van der Waals surface area contributed by atoms with Gasteiger partial charge in [0.1, 0.15) is 6.33 Å². The number of hydrogen-bond acceptors (Lipinski definition) is 6. The van der Waals surface area contributed by atoms with Crippen molar-refractivity contribution in [3.63, 3.8) is 0 Å². The van der Waals surface area contributed by atoms with E-state index in [1.54, 1.807) is 24.3 Å². The molecule has 0 bridgehead atoms. The first-order valence-electron chi connectivity index (χ1n) is 10.5. The minimum atomic E-state index is -3.69. The second-order valence-corrected chi connectivity index (χ2v) is 9.55. The number of ether oxygens (including phenoxy) is 1. The molecule has 1 fully saturated rings. The summed E-state index contributed by atoms with van der Waals surface area (Å²) >= 11 is 0. The summed E-state index contributed by atoms with van der Waals surface area (Å²) in [6.07, 6.45) is 3.27. The van der Waals surface area contributed by atoms with E-state index in [-0.39, 0.29) is 17.2 Å². The van der Waals surface area contributed by atoms with Gasteiger partial charge in [0.05, 0.1) is 23.8 Å². The van der Waals surface area contributed by atoms with E-state index in [2.05, 4.69) is 15.2 Å². The van der Waals surface area contributed by atoms with Crippen LogP contribution in [0.1, 0.15) is 17.7 Å². The third kappa shape index (κ3) is 5.17. The highest BCUT2D eigenvalue weighted by atomic mass is 32.2. The first-order chi connectivity index (χ1) is 15.4. The highest BCUT2D eigenvalue weighted by molar-refractivity contribution is 7.90. The quantitative estimate of drug-likeness (QED) is 0.590. The van der Waals surface area contributed by atoms with Crippen molar-refractivity contribution >= 4 is 27.3 Å². The molecule has 1 amide bonds. The van der Waals surface area contributed by atoms with Crippen molar-refractivity contribution in [3.8, 4) is 0 Å². The van der Waals surface area contributed by atoms with Gasteiger partial charge >= 0.3 is 0 Å². The van der Waals surface area contributed by atoms with Crippen LogP contribution in [0.3, 0.4) is 0 Å². The molecule has 1 aliphatic heterocycles. The number of morpholine rings is 1. The molecule has 9 heteroatoms. The lowest BCUT2D eigenvalue weighted by molar-refractivity contribution is -0.116. The van der Waals surface area contributed by atoms with Crippen LogP contribution in [0.15, 0.2) is 66.0 Å². The minimum absolute atomic E-state index is 0.153. The van der Waals surface area contributed by atoms with E-state index >= 15 is 0 Å². The van der Waals surface area contributed by atoms with Crippen LogP contribution in [0.5, 0.6) is 0 Å². The maximum Gasteiger partial charge on any atom is 0.268 e. The molecule has 0 radical (unpaired) electrons. The van der Waals surface area contributed by atoms with Gasteiger partial charge in [0.2, 0.25) is 5.91 Å². The summed E-state index contributed by atoms with van der Waals surface area (Å²) in [7, 11) is -3.69. The molecule has 0 aliphatic carbocycles. The molecule has 1 saturated heterocycles. The van der Waals surface area contributed by atoms with Gasteiger partial charge in [-0.2, -0.15) is 0 Å². The molecular weight excluding hydrogens is 428 g/mol. The Hall–Kier alpha value is -3.17. The number of carbonyl (C=O) groups is 1. The van der Waals surface area contributed by atoms with Gasteiger partial charge < -0.3 is 15.0 Å². The smallest absolute Gasteiger partial charge is 0.268 e. The van der Waals surface area contributed by atoms with Crippen molar-refractivity contribution < 1.29 is 17.9 Å². The fourth-order valence-corrected chi connectivity index (χ4v) is 4.63. The van der Waals surface area contributed by atoms with E-state index in [0.29, 0.717) is 12.1 Å². The number of nitrogens with zero attached hydrogens (tertiary/aromatic N) is 3. The highest BCUT2D eigenvalue weighted by Gasteiger charge is 2.17. The van der Waals surface area contributed by atoms with Gasteiger partial charge in [0, 0.05) is 37.1 Å². The molecule has 1 aromatic heterocycles. The maximum atomic E-state index is 12.7. The second kappa shape index (κ2) is 9.54. The Morgan fingerprint density at radius 1 is 1.06 bits per heavy atom. The largest absolute Gasteiger partial charge is 0.378 e. The first-order valence-corrected chi connectivity index (χ1v) is 11.9. The van der Waals surface area contributed by atoms with Crippen LogP contribution in [0.4, 0.5) is 11.4 Å². The zero-order valence-electron chi connectivity index (χ0n) is 17.9. The number of anilines is 2. The number of benzene rings is 2. The van der Waals surface area contributed by atoms with E-state index in [4.69, 9.17) is 4.74 Å². The Labute approximate surface area is 187 Å². The lowest BCUT2D eigenvalue weighted by atomic mass is 10.2. The molecule has 2 aromatic carbocycles. The van der Waals surface area contributed by atoms with E-state index in [1.165, 1.54) is 12.5 Å². The Morgan fingerprint density at radius 2 is 1.75 bits per heavy atom. The van der Waals surface area contributed by atoms with Gasteiger partial charge in [-0.05, 0) is 49.7 Å². The van der Waals surface area contributed by atoms with Gasteiger partial charge in [-0.3, -0.25) is 4.79 Å². The molecule has 168 valence electrons. The molecule has 32 heavy (non-hydrogen) atoms. The summed E-state index contributed by atoms with van der Waals surface area (Å²) in [6, 6.07) is 14.4. The van der Waals surface area contributed by atoms with Crippen LogP contribution in [0.25, 0.3) is 0 Å². The third-order valence-corrected chi connectivity index (χ3v) is 6.97. The zero-order valence-corrected chi connectivity index (χ0v) is 18.7. The number of hydrogen-bond donors (Lipinski definition) is 1. The lowest BCUT2D eigenvalue weighted by Crippen LogP contribution is -2.36. The molecule has 4 rings (SSSR count). The van der Waals surface area contributed by atoms with E-state index < -0.39 is 10.0 Å². The molecule has 0 saturated carbocycles. The number of imidazole rings is 1. The Morgan fingerprint density at radius 3 is 2.44 bits per heavy atom. The standard InChI is InChI=1S/C23H26N4O4S/c1-18-2-9-22(10-3-18)32(29,30)27-16-20(24-17-27)6-11-23(28)25-19-4-7-21(8-5-19)26-12-14-31-15-13-26/h2-5,7-10,16-17H,6,11-15H2,1H3,(H,25,28). The number of aryl methyl sites for hydroxylation is 2. The number of amides is 1. The molecule has 1 aliphatic rings.